The third-order valence-corrected chi connectivity index (χ3v) is 3.40. The van der Waals surface area contributed by atoms with Crippen LogP contribution in [0.15, 0.2) is 10.6 Å². The van der Waals surface area contributed by atoms with Crippen LogP contribution in [0.5, 0.6) is 0 Å². The zero-order valence-electron chi connectivity index (χ0n) is 13.8. The molecule has 7 nitrogen and oxygen atoms in total. The van der Waals surface area contributed by atoms with E-state index >= 15 is 0 Å². The third kappa shape index (κ3) is 5.12. The van der Waals surface area contributed by atoms with Gasteiger partial charge in [0.2, 0.25) is 0 Å². The minimum absolute atomic E-state index is 0.00387. The normalized spacial score (nSPS) is 13.2. The van der Waals surface area contributed by atoms with Crippen LogP contribution in [0.2, 0.25) is 0 Å². The lowest BCUT2D eigenvalue weighted by atomic mass is 9.90. The van der Waals surface area contributed by atoms with Crippen molar-refractivity contribution in [3.63, 3.8) is 0 Å². The average Bonchev–Trinajstić information content (AvgIpc) is 2.84. The molecule has 1 aromatic rings. The Hall–Kier alpha value is -2.31. The van der Waals surface area contributed by atoms with Gasteiger partial charge in [-0.2, -0.15) is 0 Å². The minimum atomic E-state index is -1.06. The highest BCUT2D eigenvalue weighted by Crippen LogP contribution is 2.23. The van der Waals surface area contributed by atoms with Crippen molar-refractivity contribution >= 4 is 23.3 Å². The molecule has 126 valence electrons. The lowest BCUT2D eigenvalue weighted by molar-refractivity contribution is -0.151. The standard InChI is InChI=1S/C16H21NO6/c1-5-22-16(21)12(10(3)18)6-7-13(20)15(11(4)19)14-8-9(2)17-23-14/h8,12,15H,5-7H2,1-4H3. The zero-order valence-corrected chi connectivity index (χ0v) is 13.8. The molecule has 0 radical (unpaired) electrons. The molecule has 0 saturated heterocycles. The van der Waals surface area contributed by atoms with E-state index in [9.17, 15) is 19.2 Å². The summed E-state index contributed by atoms with van der Waals surface area (Å²) in [7, 11) is 0. The number of ketones is 3. The number of hydrogen-bond donors (Lipinski definition) is 0. The van der Waals surface area contributed by atoms with Crippen molar-refractivity contribution in [1.82, 2.24) is 5.16 Å². The molecule has 1 heterocycles. The number of nitrogens with zero attached hydrogens (tertiary/aromatic N) is 1. The average molecular weight is 323 g/mol. The first-order valence-electron chi connectivity index (χ1n) is 7.41. The van der Waals surface area contributed by atoms with Gasteiger partial charge in [-0.1, -0.05) is 5.16 Å². The van der Waals surface area contributed by atoms with Crippen molar-refractivity contribution in [3.8, 4) is 0 Å². The Morgan fingerprint density at radius 1 is 1.22 bits per heavy atom. The fourth-order valence-electron chi connectivity index (χ4n) is 2.27. The van der Waals surface area contributed by atoms with Crippen LogP contribution >= 0.6 is 0 Å². The first-order chi connectivity index (χ1) is 10.8. The van der Waals surface area contributed by atoms with Gasteiger partial charge in [-0.25, -0.2) is 0 Å². The second-order valence-corrected chi connectivity index (χ2v) is 5.33. The van der Waals surface area contributed by atoms with Gasteiger partial charge in [-0.05, 0) is 34.1 Å². The lowest BCUT2D eigenvalue weighted by Crippen LogP contribution is -2.27. The number of hydrogen-bond acceptors (Lipinski definition) is 7. The zero-order chi connectivity index (χ0) is 17.6. The minimum Gasteiger partial charge on any atom is -0.465 e. The van der Waals surface area contributed by atoms with E-state index < -0.39 is 23.6 Å². The van der Waals surface area contributed by atoms with Crippen LogP contribution in [0.1, 0.15) is 51.0 Å². The number of carbonyl (C=O) groups is 4. The smallest absolute Gasteiger partial charge is 0.316 e. The second-order valence-electron chi connectivity index (χ2n) is 5.33. The maximum atomic E-state index is 12.3. The maximum absolute atomic E-state index is 12.3. The third-order valence-electron chi connectivity index (χ3n) is 3.40. The molecule has 1 aromatic heterocycles. The lowest BCUT2D eigenvalue weighted by Gasteiger charge is -2.14. The highest BCUT2D eigenvalue weighted by Gasteiger charge is 2.31. The van der Waals surface area contributed by atoms with Crippen molar-refractivity contribution in [2.45, 2.75) is 46.5 Å². The summed E-state index contributed by atoms with van der Waals surface area (Å²) >= 11 is 0. The SMILES string of the molecule is CCOC(=O)C(CCC(=O)C(C(C)=O)c1cc(C)no1)C(C)=O. The molecule has 0 amide bonds. The first-order valence-corrected chi connectivity index (χ1v) is 7.41. The van der Waals surface area contributed by atoms with E-state index in [1.54, 1.807) is 13.8 Å². The molecule has 0 aliphatic carbocycles. The number of rotatable bonds is 9. The molecule has 0 aliphatic rings. The van der Waals surface area contributed by atoms with Crippen LogP contribution in [-0.2, 0) is 23.9 Å². The van der Waals surface area contributed by atoms with Gasteiger partial charge in [0.15, 0.2) is 11.5 Å². The quantitative estimate of drug-likeness (QED) is 0.504. The van der Waals surface area contributed by atoms with Crippen molar-refractivity contribution in [2.24, 2.45) is 5.92 Å². The molecule has 0 bridgehead atoms. The van der Waals surface area contributed by atoms with Crippen LogP contribution in [0.4, 0.5) is 0 Å². The molecule has 2 atom stereocenters. The predicted molar refractivity (Wildman–Crippen MR) is 79.7 cm³/mol. The van der Waals surface area contributed by atoms with E-state index in [-0.39, 0.29) is 36.8 Å². The Kier molecular flexibility index (Phi) is 6.81. The van der Waals surface area contributed by atoms with E-state index in [0.29, 0.717) is 5.69 Å². The van der Waals surface area contributed by atoms with Gasteiger partial charge in [0.05, 0.1) is 12.3 Å². The summed E-state index contributed by atoms with van der Waals surface area (Å²) in [5.41, 5.74) is 0.562. The summed E-state index contributed by atoms with van der Waals surface area (Å²) in [5.74, 6) is -3.69. The molecule has 2 unspecified atom stereocenters. The number of aryl methyl sites for hydroxylation is 1. The summed E-state index contributed by atoms with van der Waals surface area (Å²) in [6, 6.07) is 1.53. The predicted octanol–water partition coefficient (Wildman–Crippen LogP) is 1.77. The fourth-order valence-corrected chi connectivity index (χ4v) is 2.27. The molecule has 1 rings (SSSR count). The van der Waals surface area contributed by atoms with Crippen LogP contribution < -0.4 is 0 Å². The van der Waals surface area contributed by atoms with Crippen molar-refractivity contribution in [3.05, 3.63) is 17.5 Å². The van der Waals surface area contributed by atoms with Gasteiger partial charge in [0.1, 0.15) is 23.4 Å². The van der Waals surface area contributed by atoms with Gasteiger partial charge in [0.25, 0.3) is 0 Å². The Morgan fingerprint density at radius 2 is 1.87 bits per heavy atom. The topological polar surface area (TPSA) is 104 Å². The Bertz CT molecular complexity index is 603. The number of esters is 1. The van der Waals surface area contributed by atoms with E-state index in [1.807, 2.05) is 0 Å². The largest absolute Gasteiger partial charge is 0.465 e. The Balaban J connectivity index is 2.80. The molecule has 0 spiro atoms. The summed E-state index contributed by atoms with van der Waals surface area (Å²) in [4.78, 5) is 47.3. The first kappa shape index (κ1) is 18.7. The summed E-state index contributed by atoms with van der Waals surface area (Å²) in [6.07, 6.45) is -0.100. The van der Waals surface area contributed by atoms with Crippen molar-refractivity contribution in [1.29, 1.82) is 0 Å². The molecule has 0 N–H and O–H groups in total. The number of Topliss-reactive ketones (excluding diaryl/α,β-unsaturated/α-hetero) is 3. The van der Waals surface area contributed by atoms with Crippen molar-refractivity contribution in [2.75, 3.05) is 6.61 Å². The van der Waals surface area contributed by atoms with Gasteiger partial charge in [0, 0.05) is 12.5 Å². The number of ether oxygens (including phenoxy) is 1. The molecule has 0 aliphatic heterocycles. The second kappa shape index (κ2) is 8.36. The van der Waals surface area contributed by atoms with E-state index in [2.05, 4.69) is 5.16 Å². The number of carbonyl (C=O) groups excluding carboxylic acids is 4. The molecule has 23 heavy (non-hydrogen) atoms. The molecule has 0 saturated carbocycles. The highest BCUT2D eigenvalue weighted by atomic mass is 16.5. The molecular formula is C16H21NO6. The molecule has 0 aromatic carbocycles. The van der Waals surface area contributed by atoms with Gasteiger partial charge < -0.3 is 9.26 Å². The Morgan fingerprint density at radius 3 is 2.30 bits per heavy atom. The van der Waals surface area contributed by atoms with Gasteiger partial charge in [-0.3, -0.25) is 19.2 Å². The van der Waals surface area contributed by atoms with Gasteiger partial charge >= 0.3 is 5.97 Å². The highest BCUT2D eigenvalue weighted by molar-refractivity contribution is 6.06. The van der Waals surface area contributed by atoms with E-state index in [4.69, 9.17) is 9.26 Å². The molecule has 7 heteroatoms. The van der Waals surface area contributed by atoms with Crippen LogP contribution in [0.25, 0.3) is 0 Å². The number of aromatic nitrogens is 1. The Labute approximate surface area is 134 Å². The van der Waals surface area contributed by atoms with Crippen LogP contribution in [-0.4, -0.2) is 35.1 Å². The summed E-state index contributed by atoms with van der Waals surface area (Å²) < 4.78 is 9.83. The summed E-state index contributed by atoms with van der Waals surface area (Å²) in [5, 5.41) is 3.67. The van der Waals surface area contributed by atoms with Crippen LogP contribution in [0.3, 0.4) is 0 Å². The van der Waals surface area contributed by atoms with E-state index in [0.717, 1.165) is 0 Å². The maximum Gasteiger partial charge on any atom is 0.316 e. The van der Waals surface area contributed by atoms with Crippen LogP contribution in [0, 0.1) is 12.8 Å². The summed E-state index contributed by atoms with van der Waals surface area (Å²) in [6.45, 7) is 6.03. The van der Waals surface area contributed by atoms with Crippen molar-refractivity contribution < 1.29 is 28.4 Å². The monoisotopic (exact) mass is 323 g/mol. The fraction of sp³-hybridized carbons (Fsp3) is 0.562. The van der Waals surface area contributed by atoms with Gasteiger partial charge in [-0.15, -0.1) is 0 Å². The molecular weight excluding hydrogens is 302 g/mol. The molecule has 0 fully saturated rings. The van der Waals surface area contributed by atoms with E-state index in [1.165, 1.54) is 19.9 Å².